The second kappa shape index (κ2) is 11.4. The van der Waals surface area contributed by atoms with Crippen LogP contribution in [-0.4, -0.2) is 37.1 Å². The van der Waals surface area contributed by atoms with Gasteiger partial charge in [0.15, 0.2) is 0 Å². The fraction of sp³-hybridized carbons (Fsp3) is 0.267. The van der Waals surface area contributed by atoms with E-state index in [0.717, 1.165) is 30.9 Å². The molecule has 1 saturated heterocycles. The van der Waals surface area contributed by atoms with Crippen molar-refractivity contribution in [2.45, 2.75) is 26.2 Å². The predicted octanol–water partition coefficient (Wildman–Crippen LogP) is 6.24. The van der Waals surface area contributed by atoms with Gasteiger partial charge in [-0.15, -0.1) is 0 Å². The number of nitrogens with zero attached hydrogens (tertiary/aromatic N) is 1. The quantitative estimate of drug-likeness (QED) is 0.151. The Morgan fingerprint density at radius 2 is 1.76 bits per heavy atom. The molecular formula is C30H27ClFNO5. The number of halogens is 2. The van der Waals surface area contributed by atoms with Crippen molar-refractivity contribution in [3.05, 3.63) is 93.1 Å². The molecule has 0 unspecified atom stereocenters. The van der Waals surface area contributed by atoms with Gasteiger partial charge in [-0.25, -0.2) is 9.18 Å². The van der Waals surface area contributed by atoms with Gasteiger partial charge >= 0.3 is 11.6 Å². The number of carbonyl (C=O) groups is 1. The van der Waals surface area contributed by atoms with E-state index in [0.29, 0.717) is 24.0 Å². The number of hydrogen-bond acceptors (Lipinski definition) is 6. The molecule has 8 heteroatoms. The number of hydrogen-bond donors (Lipinski definition) is 0. The maximum Gasteiger partial charge on any atom is 0.344 e. The molecule has 196 valence electrons. The number of esters is 1. The summed E-state index contributed by atoms with van der Waals surface area (Å²) in [4.78, 5) is 27.0. The van der Waals surface area contributed by atoms with Gasteiger partial charge in [-0.3, -0.25) is 9.69 Å². The number of carbonyl (C=O) groups excluding carboxylic acids is 1. The molecule has 3 aromatic carbocycles. The summed E-state index contributed by atoms with van der Waals surface area (Å²) in [7, 11) is 0. The maximum atomic E-state index is 15.0. The third-order valence-electron chi connectivity index (χ3n) is 6.63. The zero-order valence-electron chi connectivity index (χ0n) is 21.0. The molecule has 0 radical (unpaired) electrons. The van der Waals surface area contributed by atoms with Crippen LogP contribution in [0.3, 0.4) is 0 Å². The van der Waals surface area contributed by atoms with Crippen molar-refractivity contribution in [3.63, 3.8) is 0 Å². The Kier molecular flexibility index (Phi) is 7.77. The lowest BCUT2D eigenvalue weighted by Crippen LogP contribution is -2.25. The standard InChI is InChI=1S/C30H27ClFNO5/c1-19(34)37-23-9-11-24-26(16-20-4-7-22(8-5-20)36-15-14-33-12-2-3-13-33)29(30(35)38-28(24)18-23)25-10-6-21(31)17-27(25)32/h4-11,17-18H,2-3,12-16H2,1H3. The fourth-order valence-electron chi connectivity index (χ4n) is 4.83. The lowest BCUT2D eigenvalue weighted by atomic mass is 9.93. The van der Waals surface area contributed by atoms with Crippen LogP contribution in [0.4, 0.5) is 4.39 Å². The molecule has 0 bridgehead atoms. The van der Waals surface area contributed by atoms with Gasteiger partial charge in [-0.05, 0) is 85.9 Å². The highest BCUT2D eigenvalue weighted by molar-refractivity contribution is 6.30. The summed E-state index contributed by atoms with van der Waals surface area (Å²) in [5, 5.41) is 0.833. The minimum atomic E-state index is -0.699. The summed E-state index contributed by atoms with van der Waals surface area (Å²) < 4.78 is 31.6. The van der Waals surface area contributed by atoms with Crippen molar-refractivity contribution in [2.24, 2.45) is 0 Å². The second-order valence-electron chi connectivity index (χ2n) is 9.34. The molecule has 1 aliphatic rings. The van der Waals surface area contributed by atoms with Gasteiger partial charge < -0.3 is 13.9 Å². The predicted molar refractivity (Wildman–Crippen MR) is 145 cm³/mol. The van der Waals surface area contributed by atoms with E-state index in [9.17, 15) is 14.0 Å². The van der Waals surface area contributed by atoms with Crippen LogP contribution in [0.5, 0.6) is 11.5 Å². The van der Waals surface area contributed by atoms with E-state index in [1.54, 1.807) is 12.1 Å². The third kappa shape index (κ3) is 5.90. The number of fused-ring (bicyclic) bond motifs is 1. The van der Waals surface area contributed by atoms with Crippen molar-refractivity contribution in [3.8, 4) is 22.6 Å². The molecule has 0 spiro atoms. The lowest BCUT2D eigenvalue weighted by Gasteiger charge is -2.15. The monoisotopic (exact) mass is 535 g/mol. The Hall–Kier alpha value is -3.68. The van der Waals surface area contributed by atoms with E-state index in [4.69, 9.17) is 25.5 Å². The molecule has 0 amide bonds. The van der Waals surface area contributed by atoms with Crippen molar-refractivity contribution < 1.29 is 23.1 Å². The fourth-order valence-corrected chi connectivity index (χ4v) is 4.99. The molecule has 5 rings (SSSR count). The summed E-state index contributed by atoms with van der Waals surface area (Å²) in [6.07, 6.45) is 2.82. The molecule has 0 atom stereocenters. The first-order valence-electron chi connectivity index (χ1n) is 12.5. The van der Waals surface area contributed by atoms with Gasteiger partial charge in [0.25, 0.3) is 0 Å². The van der Waals surface area contributed by atoms with E-state index in [1.807, 2.05) is 24.3 Å². The van der Waals surface area contributed by atoms with E-state index in [-0.39, 0.29) is 27.5 Å². The largest absolute Gasteiger partial charge is 0.492 e. The zero-order chi connectivity index (χ0) is 26.6. The topological polar surface area (TPSA) is 69.0 Å². The van der Waals surface area contributed by atoms with Crippen LogP contribution in [0.2, 0.25) is 5.02 Å². The van der Waals surface area contributed by atoms with Gasteiger partial charge in [0.1, 0.15) is 29.5 Å². The molecular weight excluding hydrogens is 509 g/mol. The van der Waals surface area contributed by atoms with Crippen molar-refractivity contribution >= 4 is 28.5 Å². The van der Waals surface area contributed by atoms with Crippen molar-refractivity contribution in [1.82, 2.24) is 4.90 Å². The number of rotatable bonds is 8. The number of benzene rings is 3. The molecule has 38 heavy (non-hydrogen) atoms. The lowest BCUT2D eigenvalue weighted by molar-refractivity contribution is -0.131. The molecule has 0 saturated carbocycles. The van der Waals surface area contributed by atoms with E-state index < -0.39 is 17.4 Å². The smallest absolute Gasteiger partial charge is 0.344 e. The highest BCUT2D eigenvalue weighted by atomic mass is 35.5. The highest BCUT2D eigenvalue weighted by Crippen LogP contribution is 2.33. The molecule has 6 nitrogen and oxygen atoms in total. The maximum absolute atomic E-state index is 15.0. The van der Waals surface area contributed by atoms with Crippen LogP contribution in [0.15, 0.2) is 69.9 Å². The minimum Gasteiger partial charge on any atom is -0.492 e. The SMILES string of the molecule is CC(=O)Oc1ccc2c(Cc3ccc(OCCN4CCCC4)cc3)c(-c3ccc(Cl)cc3F)c(=O)oc2c1. The summed E-state index contributed by atoms with van der Waals surface area (Å²) in [6.45, 7) is 5.06. The van der Waals surface area contributed by atoms with Crippen molar-refractivity contribution in [2.75, 3.05) is 26.2 Å². The average Bonchev–Trinajstić information content (AvgIpc) is 3.39. The van der Waals surface area contributed by atoms with Crippen LogP contribution < -0.4 is 15.1 Å². The van der Waals surface area contributed by atoms with E-state index in [2.05, 4.69) is 4.90 Å². The van der Waals surface area contributed by atoms with Gasteiger partial charge in [-0.1, -0.05) is 23.7 Å². The van der Waals surface area contributed by atoms with Gasteiger partial charge in [0.2, 0.25) is 0 Å². The van der Waals surface area contributed by atoms with E-state index >= 15 is 0 Å². The molecule has 4 aromatic rings. The Labute approximate surface area is 224 Å². The van der Waals surface area contributed by atoms with Crippen LogP contribution >= 0.6 is 11.6 Å². The zero-order valence-corrected chi connectivity index (χ0v) is 21.7. The van der Waals surface area contributed by atoms with E-state index in [1.165, 1.54) is 44.0 Å². The van der Waals surface area contributed by atoms with Crippen LogP contribution in [0, 0.1) is 5.82 Å². The molecule has 1 fully saturated rings. The van der Waals surface area contributed by atoms with Gasteiger partial charge in [-0.2, -0.15) is 0 Å². The number of likely N-dealkylation sites (tertiary alicyclic amines) is 1. The Bertz CT molecular complexity index is 1530. The molecule has 1 aromatic heterocycles. The van der Waals surface area contributed by atoms with Crippen LogP contribution in [0.25, 0.3) is 22.1 Å². The van der Waals surface area contributed by atoms with Crippen LogP contribution in [-0.2, 0) is 11.2 Å². The Morgan fingerprint density at radius 3 is 2.47 bits per heavy atom. The second-order valence-corrected chi connectivity index (χ2v) is 9.77. The molecule has 2 heterocycles. The number of ether oxygens (including phenoxy) is 2. The first-order valence-corrected chi connectivity index (χ1v) is 12.9. The Morgan fingerprint density at radius 1 is 1.03 bits per heavy atom. The highest BCUT2D eigenvalue weighted by Gasteiger charge is 2.21. The molecule has 0 aliphatic carbocycles. The summed E-state index contributed by atoms with van der Waals surface area (Å²) in [5.74, 6) is -0.0986. The molecule has 1 aliphatic heterocycles. The first-order chi connectivity index (χ1) is 18.4. The summed E-state index contributed by atoms with van der Waals surface area (Å²) in [6, 6.07) is 16.6. The van der Waals surface area contributed by atoms with Gasteiger partial charge in [0, 0.05) is 35.5 Å². The van der Waals surface area contributed by atoms with Crippen LogP contribution in [0.1, 0.15) is 30.9 Å². The third-order valence-corrected chi connectivity index (χ3v) is 6.86. The Balaban J connectivity index is 1.49. The normalized spacial score (nSPS) is 13.7. The summed E-state index contributed by atoms with van der Waals surface area (Å²) >= 11 is 5.96. The average molecular weight is 536 g/mol. The first kappa shape index (κ1) is 25.9. The summed E-state index contributed by atoms with van der Waals surface area (Å²) in [5.41, 5.74) is 1.26. The van der Waals surface area contributed by atoms with Crippen molar-refractivity contribution in [1.29, 1.82) is 0 Å². The minimum absolute atomic E-state index is 0.103. The van der Waals surface area contributed by atoms with Gasteiger partial charge in [0.05, 0.1) is 5.56 Å². The molecule has 0 N–H and O–H groups in total.